The minimum absolute atomic E-state index is 0.0843. The van der Waals surface area contributed by atoms with Crippen LogP contribution in [0.5, 0.6) is 0 Å². The van der Waals surface area contributed by atoms with Gasteiger partial charge in [0.15, 0.2) is 0 Å². The Balaban J connectivity index is 2.42. The molecular weight excluding hydrogens is 364 g/mol. The molecular formula is C21H25ClN2O3. The fourth-order valence-electron chi connectivity index (χ4n) is 2.04. The molecule has 1 atom stereocenters. The fraction of sp³-hybridized carbons (Fsp3) is 0.381. The van der Waals surface area contributed by atoms with Crippen LogP contribution in [0.3, 0.4) is 0 Å². The molecule has 144 valence electrons. The van der Waals surface area contributed by atoms with Crippen LogP contribution in [0.4, 0.5) is 0 Å². The molecule has 0 bridgehead atoms. The molecule has 0 saturated carbocycles. The van der Waals surface area contributed by atoms with Gasteiger partial charge in [-0.3, -0.25) is 9.80 Å². The predicted molar refractivity (Wildman–Crippen MR) is 106 cm³/mol. The molecule has 1 fully saturated rings. The van der Waals surface area contributed by atoms with Crippen molar-refractivity contribution in [2.24, 2.45) is 0 Å². The van der Waals surface area contributed by atoms with Gasteiger partial charge in [0.2, 0.25) is 0 Å². The molecule has 27 heavy (non-hydrogen) atoms. The Labute approximate surface area is 189 Å². The van der Waals surface area contributed by atoms with E-state index in [-0.39, 0.29) is 16.0 Å². The van der Waals surface area contributed by atoms with Crippen molar-refractivity contribution < 1.29 is 36.6 Å². The molecule has 0 aromatic heterocycles. The number of ether oxygens (including phenoxy) is 1. The molecule has 2 aromatic rings. The lowest BCUT2D eigenvalue weighted by Crippen LogP contribution is -2.48. The third-order valence-electron chi connectivity index (χ3n) is 3.14. The van der Waals surface area contributed by atoms with Crippen molar-refractivity contribution in [3.05, 3.63) is 70.7 Å². The first-order valence-electron chi connectivity index (χ1n) is 15.9. The molecule has 0 amide bonds. The average molecular weight is 406 g/mol. The first-order chi connectivity index (χ1) is 19.8. The van der Waals surface area contributed by atoms with E-state index in [1.165, 1.54) is 12.1 Å². The lowest BCUT2D eigenvalue weighted by molar-refractivity contribution is -0.142. The van der Waals surface area contributed by atoms with Crippen molar-refractivity contribution >= 4 is 17.6 Å². The summed E-state index contributed by atoms with van der Waals surface area (Å²) in [6.45, 7) is -25.6. The van der Waals surface area contributed by atoms with E-state index in [9.17, 15) is 6.17 Å². The molecule has 3 rings (SSSR count). The first kappa shape index (κ1) is 7.48. The van der Waals surface area contributed by atoms with E-state index in [1.807, 2.05) is 0 Å². The Bertz CT molecular complexity index is 1370. The Hall–Kier alpha value is -1.92. The van der Waals surface area contributed by atoms with E-state index in [0.717, 1.165) is 24.3 Å². The van der Waals surface area contributed by atoms with Gasteiger partial charge in [-0.05, 0) is 23.3 Å². The van der Waals surface area contributed by atoms with Crippen molar-refractivity contribution in [3.63, 3.8) is 0 Å². The summed E-state index contributed by atoms with van der Waals surface area (Å²) in [4.78, 5) is 10.4. The molecule has 1 aliphatic rings. The SMILES string of the molecule is [2H]OC(=O)COC([2H])([2H])C([2H])([2H])N1C([2H])([2H])C([2H])([2H])N(C([2H])(c2ccc(Cl)cc2)c2c([2H])cc([2H])cc2[2H])C([2H])([2H])C1([2H])[2H]. The highest BCUT2D eigenvalue weighted by molar-refractivity contribution is 6.30. The zero-order valence-corrected chi connectivity index (χ0v) is 14.4. The summed E-state index contributed by atoms with van der Waals surface area (Å²) in [5, 5.41) is 3.64. The quantitative estimate of drug-likeness (QED) is 0.731. The molecule has 6 heteroatoms. The van der Waals surface area contributed by atoms with Gasteiger partial charge < -0.3 is 9.85 Å². The lowest BCUT2D eigenvalue weighted by Gasteiger charge is -2.39. The Kier molecular flexibility index (Phi) is 2.73. The zero-order chi connectivity index (χ0) is 34.1. The number of nitrogens with zero attached hydrogens (tertiary/aromatic N) is 2. The summed E-state index contributed by atoms with van der Waals surface area (Å²) in [6, 6.07) is 1.13. The monoisotopic (exact) mass is 405 g/mol. The number of carboxylic acid groups (broad SMARTS) is 1. The normalized spacial score (nSPS) is 35.7. The summed E-state index contributed by atoms with van der Waals surface area (Å²) in [6.07, 6.45) is 0. The minimum Gasteiger partial charge on any atom is -0.480 e. The average Bonchev–Trinajstić information content (AvgIpc) is 2.85. The number of hydrogen-bond donors (Lipinski definition) is 1. The second kappa shape index (κ2) is 9.85. The molecule has 0 radical (unpaired) electrons. The van der Waals surface area contributed by atoms with Crippen molar-refractivity contribution in [3.8, 4) is 0 Å². The number of hydrogen-bond acceptors (Lipinski definition) is 5. The number of carbonyl (C=O) groups is 1. The Morgan fingerprint density at radius 2 is 2.00 bits per heavy atom. The van der Waals surface area contributed by atoms with Gasteiger partial charge in [-0.1, -0.05) is 54.0 Å². The van der Waals surface area contributed by atoms with E-state index in [1.54, 1.807) is 0 Å². The topological polar surface area (TPSA) is 53.0 Å². The van der Waals surface area contributed by atoms with Gasteiger partial charge in [0.1, 0.15) is 6.61 Å². The minimum atomic E-state index is -4.12. The second-order valence-corrected chi connectivity index (χ2v) is 5.40. The molecule has 1 N–H and O–H groups in total. The molecule has 1 saturated heterocycles. The summed E-state index contributed by atoms with van der Waals surface area (Å²) in [5.41, 5.74) is -1.22. The van der Waals surface area contributed by atoms with E-state index >= 15 is 0 Å². The van der Waals surface area contributed by atoms with Crippen LogP contribution in [-0.2, 0) is 9.53 Å². The molecule has 0 aliphatic carbocycles. The van der Waals surface area contributed by atoms with Crippen LogP contribution in [0.2, 0.25) is 5.02 Å². The number of aliphatic carboxylic acids is 1. The predicted octanol–water partition coefficient (Wildman–Crippen LogP) is 3.15. The van der Waals surface area contributed by atoms with Crippen LogP contribution in [0.1, 0.15) is 39.1 Å². The number of halogens is 1. The lowest BCUT2D eigenvalue weighted by atomic mass is 9.96. The molecule has 1 heterocycles. The van der Waals surface area contributed by atoms with Crippen LogP contribution in [-0.4, -0.2) is 66.5 Å². The fourth-order valence-corrected chi connectivity index (χ4v) is 2.16. The number of piperazine rings is 1. The van der Waals surface area contributed by atoms with Crippen molar-refractivity contribution in [2.75, 3.05) is 45.7 Å². The van der Waals surface area contributed by atoms with Gasteiger partial charge in [-0.15, -0.1) is 0 Å². The summed E-state index contributed by atoms with van der Waals surface area (Å²) < 4.78 is 148. The highest BCUT2D eigenvalue weighted by Gasteiger charge is 2.26. The van der Waals surface area contributed by atoms with Crippen LogP contribution in [0, 0.1) is 0 Å². The van der Waals surface area contributed by atoms with Gasteiger partial charge in [-0.2, -0.15) is 0 Å². The van der Waals surface area contributed by atoms with E-state index in [2.05, 4.69) is 9.85 Å². The first-order valence-corrected chi connectivity index (χ1v) is 7.89. The molecule has 1 unspecified atom stereocenters. The zero-order valence-electron chi connectivity index (χ0n) is 30.7. The molecule has 5 nitrogen and oxygen atoms in total. The van der Waals surface area contributed by atoms with Gasteiger partial charge in [0.05, 0.1) is 20.8 Å². The number of benzene rings is 2. The maximum Gasteiger partial charge on any atom is 0.329 e. The summed E-state index contributed by atoms with van der Waals surface area (Å²) in [5.74, 6) is -1.52. The molecule has 0 spiro atoms. The van der Waals surface area contributed by atoms with E-state index < -0.39 is 85.7 Å². The van der Waals surface area contributed by atoms with E-state index in [0.29, 0.717) is 0 Å². The second-order valence-electron chi connectivity index (χ2n) is 4.97. The largest absolute Gasteiger partial charge is 0.480 e. The highest BCUT2D eigenvalue weighted by Crippen LogP contribution is 2.30. The highest BCUT2D eigenvalue weighted by atomic mass is 35.5. The van der Waals surface area contributed by atoms with Crippen LogP contribution < -0.4 is 0 Å². The van der Waals surface area contributed by atoms with Gasteiger partial charge in [0, 0.05) is 51.2 Å². The Morgan fingerprint density at radius 1 is 1.30 bits per heavy atom. The third kappa shape index (κ3) is 5.78. The third-order valence-corrected chi connectivity index (χ3v) is 3.40. The Morgan fingerprint density at radius 3 is 2.67 bits per heavy atom. The number of carboxylic acids is 1. The molecule has 2 aromatic carbocycles. The van der Waals surface area contributed by atoms with E-state index in [4.69, 9.17) is 33.6 Å². The summed E-state index contributed by atoms with van der Waals surface area (Å²) >= 11 is 5.97. The maximum atomic E-state index is 11.4. The summed E-state index contributed by atoms with van der Waals surface area (Å²) in [7, 11) is 0. The standard InChI is InChI=1S/C21H25ClN2O3/c22-19-8-6-18(7-9-19)21(17-4-2-1-3-5-17)24-12-10-23(11-13-24)14-15-27-16-20(25)26/h1-9,21H,10-16H2,(H,25,26)/i1D,4D,5D,10D2,11D2,12D2,13D2,14D2,15D2,21D/hD. The van der Waals surface area contributed by atoms with Gasteiger partial charge in [-0.25, -0.2) is 4.79 Å². The smallest absolute Gasteiger partial charge is 0.329 e. The van der Waals surface area contributed by atoms with Crippen LogP contribution in [0.15, 0.2) is 54.5 Å². The van der Waals surface area contributed by atoms with Crippen molar-refractivity contribution in [1.29, 1.82) is 1.43 Å². The van der Waals surface area contributed by atoms with Gasteiger partial charge in [0.25, 0.3) is 1.43 Å². The van der Waals surface area contributed by atoms with Crippen molar-refractivity contribution in [1.82, 2.24) is 9.80 Å². The van der Waals surface area contributed by atoms with Crippen LogP contribution in [0.25, 0.3) is 1.43 Å². The van der Waals surface area contributed by atoms with Crippen molar-refractivity contribution in [2.45, 2.75) is 6.02 Å². The van der Waals surface area contributed by atoms with Gasteiger partial charge >= 0.3 is 5.97 Å². The molecule has 1 aliphatic heterocycles. The number of rotatable bonds is 8. The maximum absolute atomic E-state index is 11.4. The van der Waals surface area contributed by atoms with Crippen LogP contribution >= 0.6 is 11.6 Å².